The molecule has 7 nitrogen and oxygen atoms in total. The molecule has 0 bridgehead atoms. The van der Waals surface area contributed by atoms with Crippen molar-refractivity contribution >= 4 is 28.4 Å². The highest BCUT2D eigenvalue weighted by Crippen LogP contribution is 2.27. The highest BCUT2D eigenvalue weighted by Gasteiger charge is 2.11. The van der Waals surface area contributed by atoms with E-state index in [2.05, 4.69) is 20.5 Å². The molecule has 4 aromatic rings. The SMILES string of the molecule is Cc1cc(CNC(=O)Nc2ccc(NS(=O)c3ccccc3-c3ccccc3)cc2)nn1C. The molecule has 1 atom stereocenters. The summed E-state index contributed by atoms with van der Waals surface area (Å²) in [5.41, 5.74) is 5.07. The van der Waals surface area contributed by atoms with Crippen LogP contribution in [0.25, 0.3) is 11.1 Å². The lowest BCUT2D eigenvalue weighted by molar-refractivity contribution is 0.251. The van der Waals surface area contributed by atoms with Crippen LogP contribution in [-0.4, -0.2) is 20.0 Å². The fourth-order valence-electron chi connectivity index (χ4n) is 3.34. The summed E-state index contributed by atoms with van der Waals surface area (Å²) in [7, 11) is 0.416. The molecule has 1 heterocycles. The average Bonchev–Trinajstić information content (AvgIpc) is 3.16. The molecular weight excluding hydrogens is 434 g/mol. The number of hydrogen-bond acceptors (Lipinski definition) is 3. The van der Waals surface area contributed by atoms with Gasteiger partial charge in [0.1, 0.15) is 0 Å². The van der Waals surface area contributed by atoms with Gasteiger partial charge in [-0.1, -0.05) is 48.5 Å². The lowest BCUT2D eigenvalue weighted by atomic mass is 10.1. The monoisotopic (exact) mass is 459 g/mol. The zero-order valence-corrected chi connectivity index (χ0v) is 19.2. The molecule has 33 heavy (non-hydrogen) atoms. The van der Waals surface area contributed by atoms with Crippen LogP contribution in [0.5, 0.6) is 0 Å². The third-order valence-corrected chi connectivity index (χ3v) is 6.30. The number of amides is 2. The first kappa shape index (κ1) is 22.3. The third-order valence-electron chi connectivity index (χ3n) is 5.12. The Labute approximate surface area is 195 Å². The Morgan fingerprint density at radius 3 is 2.30 bits per heavy atom. The Hall–Kier alpha value is -3.91. The number of urea groups is 1. The maximum absolute atomic E-state index is 13.0. The summed E-state index contributed by atoms with van der Waals surface area (Å²) >= 11 is 0. The summed E-state index contributed by atoms with van der Waals surface area (Å²) < 4.78 is 17.8. The van der Waals surface area contributed by atoms with E-state index >= 15 is 0 Å². The number of rotatable bonds is 7. The van der Waals surface area contributed by atoms with Gasteiger partial charge >= 0.3 is 6.03 Å². The minimum Gasteiger partial charge on any atom is -0.332 e. The zero-order valence-electron chi connectivity index (χ0n) is 18.4. The number of nitrogens with zero attached hydrogens (tertiary/aromatic N) is 2. The first-order chi connectivity index (χ1) is 16.0. The van der Waals surface area contributed by atoms with Crippen LogP contribution in [-0.2, 0) is 24.6 Å². The van der Waals surface area contributed by atoms with Gasteiger partial charge in [-0.3, -0.25) is 4.68 Å². The fraction of sp³-hybridized carbons (Fsp3) is 0.120. The van der Waals surface area contributed by atoms with Gasteiger partial charge in [0.05, 0.1) is 17.1 Å². The number of aryl methyl sites for hydroxylation is 2. The predicted octanol–water partition coefficient (Wildman–Crippen LogP) is 4.85. The molecule has 1 unspecified atom stereocenters. The van der Waals surface area contributed by atoms with E-state index in [0.29, 0.717) is 22.8 Å². The zero-order chi connectivity index (χ0) is 23.2. The molecule has 0 aliphatic carbocycles. The van der Waals surface area contributed by atoms with Crippen molar-refractivity contribution in [1.29, 1.82) is 0 Å². The molecule has 3 aromatic carbocycles. The van der Waals surface area contributed by atoms with Gasteiger partial charge in [0.2, 0.25) is 0 Å². The summed E-state index contributed by atoms with van der Waals surface area (Å²) in [4.78, 5) is 12.9. The van der Waals surface area contributed by atoms with Crippen LogP contribution >= 0.6 is 0 Å². The Bertz CT molecular complexity index is 1250. The van der Waals surface area contributed by atoms with E-state index in [1.54, 1.807) is 28.9 Å². The number of aromatic nitrogens is 2. The lowest BCUT2D eigenvalue weighted by Gasteiger charge is -2.12. The van der Waals surface area contributed by atoms with Crippen LogP contribution in [0.1, 0.15) is 11.4 Å². The number of benzene rings is 3. The molecule has 0 spiro atoms. The van der Waals surface area contributed by atoms with Crippen molar-refractivity contribution in [2.75, 3.05) is 10.0 Å². The molecule has 0 fully saturated rings. The first-order valence-corrected chi connectivity index (χ1v) is 11.6. The van der Waals surface area contributed by atoms with Crippen molar-refractivity contribution in [3.8, 4) is 11.1 Å². The van der Waals surface area contributed by atoms with Crippen molar-refractivity contribution < 1.29 is 9.00 Å². The van der Waals surface area contributed by atoms with Gasteiger partial charge in [0.15, 0.2) is 11.0 Å². The summed E-state index contributed by atoms with van der Waals surface area (Å²) in [6, 6.07) is 26.2. The standard InChI is InChI=1S/C25H25N5O2S/c1-18-16-22(28-30(18)2)17-26-25(31)27-20-12-14-21(15-13-20)29-33(32)24-11-7-6-10-23(24)19-8-4-3-5-9-19/h3-16,29H,17H2,1-2H3,(H2,26,27,31). The molecule has 0 aliphatic rings. The first-order valence-electron chi connectivity index (χ1n) is 10.5. The lowest BCUT2D eigenvalue weighted by Crippen LogP contribution is -2.28. The summed E-state index contributed by atoms with van der Waals surface area (Å²) in [5, 5.41) is 9.89. The second-order valence-corrected chi connectivity index (χ2v) is 8.70. The molecule has 3 N–H and O–H groups in total. The Morgan fingerprint density at radius 1 is 0.939 bits per heavy atom. The fourth-order valence-corrected chi connectivity index (χ4v) is 4.38. The quantitative estimate of drug-likeness (QED) is 0.369. The van der Waals surface area contributed by atoms with Crippen LogP contribution < -0.4 is 15.4 Å². The predicted molar refractivity (Wildman–Crippen MR) is 132 cm³/mol. The van der Waals surface area contributed by atoms with Crippen molar-refractivity contribution in [2.24, 2.45) is 7.05 Å². The van der Waals surface area contributed by atoms with Crippen molar-refractivity contribution in [2.45, 2.75) is 18.4 Å². The van der Waals surface area contributed by atoms with Gasteiger partial charge in [0.25, 0.3) is 0 Å². The van der Waals surface area contributed by atoms with Gasteiger partial charge < -0.3 is 15.4 Å². The summed E-state index contributed by atoms with van der Waals surface area (Å²) in [6.45, 7) is 2.30. The second-order valence-electron chi connectivity index (χ2n) is 7.52. The van der Waals surface area contributed by atoms with E-state index in [1.165, 1.54) is 0 Å². The molecule has 168 valence electrons. The Kier molecular flexibility index (Phi) is 6.85. The topological polar surface area (TPSA) is 88.1 Å². The number of carbonyl (C=O) groups is 1. The molecule has 8 heteroatoms. The van der Waals surface area contributed by atoms with E-state index in [-0.39, 0.29) is 6.03 Å². The van der Waals surface area contributed by atoms with Crippen LogP contribution in [0.3, 0.4) is 0 Å². The maximum atomic E-state index is 13.0. The highest BCUT2D eigenvalue weighted by atomic mass is 32.2. The number of hydrogen-bond donors (Lipinski definition) is 3. The van der Waals surface area contributed by atoms with E-state index in [0.717, 1.165) is 22.5 Å². The van der Waals surface area contributed by atoms with Gasteiger partial charge in [-0.15, -0.1) is 0 Å². The smallest absolute Gasteiger partial charge is 0.319 e. The minimum atomic E-state index is -1.45. The van der Waals surface area contributed by atoms with Crippen molar-refractivity contribution in [3.05, 3.63) is 96.3 Å². The van der Waals surface area contributed by atoms with E-state index < -0.39 is 11.0 Å². The number of anilines is 2. The van der Waals surface area contributed by atoms with Crippen LogP contribution in [0.15, 0.2) is 89.8 Å². The molecular formula is C25H25N5O2S. The maximum Gasteiger partial charge on any atom is 0.319 e. The van der Waals surface area contributed by atoms with E-state index in [9.17, 15) is 9.00 Å². The molecule has 0 aliphatic heterocycles. The highest BCUT2D eigenvalue weighted by molar-refractivity contribution is 7.86. The van der Waals surface area contributed by atoms with E-state index in [4.69, 9.17) is 0 Å². The van der Waals surface area contributed by atoms with Crippen LogP contribution in [0.2, 0.25) is 0 Å². The average molecular weight is 460 g/mol. The second kappa shape index (κ2) is 10.1. The van der Waals surface area contributed by atoms with Crippen LogP contribution in [0, 0.1) is 6.92 Å². The van der Waals surface area contributed by atoms with Gasteiger partial charge in [-0.2, -0.15) is 5.10 Å². The molecule has 0 saturated carbocycles. The van der Waals surface area contributed by atoms with Gasteiger partial charge in [0, 0.05) is 24.1 Å². The molecule has 4 rings (SSSR count). The summed E-state index contributed by atoms with van der Waals surface area (Å²) in [6.07, 6.45) is 0. The van der Waals surface area contributed by atoms with Gasteiger partial charge in [-0.05, 0) is 54.4 Å². The molecule has 0 radical (unpaired) electrons. The van der Waals surface area contributed by atoms with Gasteiger partial charge in [-0.25, -0.2) is 9.00 Å². The minimum absolute atomic E-state index is 0.320. The molecule has 1 aromatic heterocycles. The summed E-state index contributed by atoms with van der Waals surface area (Å²) in [5.74, 6) is 0. The van der Waals surface area contributed by atoms with E-state index in [1.807, 2.05) is 74.6 Å². The van der Waals surface area contributed by atoms with Crippen molar-refractivity contribution in [1.82, 2.24) is 15.1 Å². The van der Waals surface area contributed by atoms with Crippen LogP contribution in [0.4, 0.5) is 16.2 Å². The molecule has 2 amide bonds. The Morgan fingerprint density at radius 2 is 1.61 bits per heavy atom. The number of nitrogens with one attached hydrogen (secondary N) is 3. The van der Waals surface area contributed by atoms with Crippen molar-refractivity contribution in [3.63, 3.8) is 0 Å². The largest absolute Gasteiger partial charge is 0.332 e. The third kappa shape index (κ3) is 5.67. The normalized spacial score (nSPS) is 11.6. The Balaban J connectivity index is 1.36. The molecule has 0 saturated heterocycles. The number of carbonyl (C=O) groups excluding carboxylic acids is 1.